The lowest BCUT2D eigenvalue weighted by molar-refractivity contribution is -0.119. The van der Waals surface area contributed by atoms with Gasteiger partial charge in [0.2, 0.25) is 5.91 Å². The first-order valence-corrected chi connectivity index (χ1v) is 12.6. The van der Waals surface area contributed by atoms with Gasteiger partial charge in [0.05, 0.1) is 23.8 Å². The number of nitrogens with zero attached hydrogens (tertiary/aromatic N) is 3. The van der Waals surface area contributed by atoms with Crippen LogP contribution in [0.2, 0.25) is 0 Å². The van der Waals surface area contributed by atoms with Crippen LogP contribution in [0.1, 0.15) is 12.0 Å². The maximum atomic E-state index is 13.4. The van der Waals surface area contributed by atoms with E-state index in [9.17, 15) is 17.6 Å². The number of amides is 1. The molecule has 3 aromatic rings. The fraction of sp³-hybridized carbons (Fsp3) is 0.286. The standard InChI is InChI=1S/C21H21FN4O3S2/c22-17-8-6-16(7-9-17)20-24-25-21(26(20)12-15-4-2-1-3-5-15)30-13-19(27)23-18-10-11-31(28,29)14-18/h1-9,18H,10-14H2,(H,23,27)/t18-/m0/s1. The summed E-state index contributed by atoms with van der Waals surface area (Å²) in [5, 5.41) is 11.8. The van der Waals surface area contributed by atoms with Gasteiger partial charge >= 0.3 is 0 Å². The largest absolute Gasteiger partial charge is 0.352 e. The lowest BCUT2D eigenvalue weighted by atomic mass is 10.2. The molecule has 31 heavy (non-hydrogen) atoms. The molecule has 10 heteroatoms. The van der Waals surface area contributed by atoms with E-state index in [0.717, 1.165) is 11.1 Å². The van der Waals surface area contributed by atoms with E-state index in [1.165, 1.54) is 23.9 Å². The van der Waals surface area contributed by atoms with Crippen LogP contribution in [0.5, 0.6) is 0 Å². The van der Waals surface area contributed by atoms with Crippen LogP contribution in [0.15, 0.2) is 59.8 Å². The highest BCUT2D eigenvalue weighted by atomic mass is 32.2. The van der Waals surface area contributed by atoms with Gasteiger partial charge in [0.1, 0.15) is 5.82 Å². The summed E-state index contributed by atoms with van der Waals surface area (Å²) in [6.45, 7) is 0.491. The Labute approximate surface area is 184 Å². The molecule has 0 unspecified atom stereocenters. The van der Waals surface area contributed by atoms with Crippen LogP contribution in [0.4, 0.5) is 4.39 Å². The molecule has 2 aromatic carbocycles. The molecule has 162 valence electrons. The molecule has 1 saturated heterocycles. The molecule has 0 radical (unpaired) electrons. The number of hydrogen-bond acceptors (Lipinski definition) is 6. The zero-order valence-corrected chi connectivity index (χ0v) is 18.2. The van der Waals surface area contributed by atoms with Gasteiger partial charge in [0.25, 0.3) is 0 Å². The molecule has 2 heterocycles. The fourth-order valence-electron chi connectivity index (χ4n) is 3.42. The van der Waals surface area contributed by atoms with Crippen molar-refractivity contribution in [2.45, 2.75) is 24.2 Å². The summed E-state index contributed by atoms with van der Waals surface area (Å²) in [6, 6.07) is 15.5. The number of rotatable bonds is 7. The minimum atomic E-state index is -3.05. The second-order valence-corrected chi connectivity index (χ2v) is 10.5. The summed E-state index contributed by atoms with van der Waals surface area (Å²) in [5.74, 6) is 0.184. The van der Waals surface area contributed by atoms with Crippen LogP contribution >= 0.6 is 11.8 Å². The van der Waals surface area contributed by atoms with E-state index in [2.05, 4.69) is 15.5 Å². The Bertz CT molecular complexity index is 1170. The van der Waals surface area contributed by atoms with E-state index in [1.54, 1.807) is 12.1 Å². The van der Waals surface area contributed by atoms with Crippen molar-refractivity contribution in [3.05, 3.63) is 66.0 Å². The second-order valence-electron chi connectivity index (χ2n) is 7.34. The number of halogens is 1. The molecule has 1 aromatic heterocycles. The van der Waals surface area contributed by atoms with E-state index < -0.39 is 9.84 Å². The Morgan fingerprint density at radius 2 is 1.87 bits per heavy atom. The summed E-state index contributed by atoms with van der Waals surface area (Å²) in [7, 11) is -3.05. The van der Waals surface area contributed by atoms with Crippen LogP contribution in [0, 0.1) is 5.82 Å². The van der Waals surface area contributed by atoms with Gasteiger partial charge in [-0.05, 0) is 36.2 Å². The van der Waals surface area contributed by atoms with Crippen molar-refractivity contribution in [3.8, 4) is 11.4 Å². The topological polar surface area (TPSA) is 93.9 Å². The van der Waals surface area contributed by atoms with Crippen molar-refractivity contribution in [2.75, 3.05) is 17.3 Å². The van der Waals surface area contributed by atoms with Gasteiger partial charge in [-0.2, -0.15) is 0 Å². The van der Waals surface area contributed by atoms with Gasteiger partial charge in [-0.15, -0.1) is 10.2 Å². The van der Waals surface area contributed by atoms with Crippen molar-refractivity contribution in [2.24, 2.45) is 0 Å². The minimum Gasteiger partial charge on any atom is -0.352 e. The monoisotopic (exact) mass is 460 g/mol. The quantitative estimate of drug-likeness (QED) is 0.545. The molecule has 0 saturated carbocycles. The van der Waals surface area contributed by atoms with Crippen molar-refractivity contribution in [3.63, 3.8) is 0 Å². The number of aromatic nitrogens is 3. The highest BCUT2D eigenvalue weighted by Gasteiger charge is 2.29. The predicted octanol–water partition coefficient (Wildman–Crippen LogP) is 2.53. The first-order chi connectivity index (χ1) is 14.9. The van der Waals surface area contributed by atoms with Crippen molar-refractivity contribution in [1.82, 2.24) is 20.1 Å². The van der Waals surface area contributed by atoms with E-state index in [1.807, 2.05) is 34.9 Å². The second kappa shape index (κ2) is 9.19. The van der Waals surface area contributed by atoms with Gasteiger partial charge in [0, 0.05) is 11.6 Å². The molecule has 0 bridgehead atoms. The summed E-state index contributed by atoms with van der Waals surface area (Å²) in [6.07, 6.45) is 0.442. The molecule has 1 N–H and O–H groups in total. The number of benzene rings is 2. The van der Waals surface area contributed by atoms with E-state index >= 15 is 0 Å². The molecule has 1 fully saturated rings. The minimum absolute atomic E-state index is 0.0116. The number of carbonyl (C=O) groups excluding carboxylic acids is 1. The zero-order chi connectivity index (χ0) is 21.8. The highest BCUT2D eigenvalue weighted by molar-refractivity contribution is 7.99. The Kier molecular flexibility index (Phi) is 6.38. The lowest BCUT2D eigenvalue weighted by Gasteiger charge is -2.12. The normalized spacial score (nSPS) is 17.5. The molecular formula is C21H21FN4O3S2. The van der Waals surface area contributed by atoms with Crippen LogP contribution in [-0.2, 0) is 21.2 Å². The molecule has 7 nitrogen and oxygen atoms in total. The summed E-state index contributed by atoms with van der Waals surface area (Å²) in [4.78, 5) is 12.3. The number of hydrogen-bond donors (Lipinski definition) is 1. The van der Waals surface area contributed by atoms with Gasteiger partial charge < -0.3 is 5.32 Å². The average Bonchev–Trinajstić information content (AvgIpc) is 3.30. The Balaban J connectivity index is 1.51. The van der Waals surface area contributed by atoms with E-state index in [4.69, 9.17) is 0 Å². The molecular weight excluding hydrogens is 439 g/mol. The number of carbonyl (C=O) groups is 1. The van der Waals surface area contributed by atoms with Crippen LogP contribution < -0.4 is 5.32 Å². The zero-order valence-electron chi connectivity index (χ0n) is 16.6. The lowest BCUT2D eigenvalue weighted by Crippen LogP contribution is -2.36. The first kappa shape index (κ1) is 21.5. The van der Waals surface area contributed by atoms with Gasteiger partial charge in [0.15, 0.2) is 20.8 Å². The summed E-state index contributed by atoms with van der Waals surface area (Å²) >= 11 is 1.23. The van der Waals surface area contributed by atoms with Crippen LogP contribution in [0.25, 0.3) is 11.4 Å². The third-order valence-corrected chi connectivity index (χ3v) is 7.67. The van der Waals surface area contributed by atoms with Crippen LogP contribution in [0.3, 0.4) is 0 Å². The van der Waals surface area contributed by atoms with Gasteiger partial charge in [-0.1, -0.05) is 42.1 Å². The molecule has 4 rings (SSSR count). The SMILES string of the molecule is O=C(CSc1nnc(-c2ccc(F)cc2)n1Cc1ccccc1)N[C@H]1CCS(=O)(=O)C1. The predicted molar refractivity (Wildman–Crippen MR) is 117 cm³/mol. The summed E-state index contributed by atoms with van der Waals surface area (Å²) in [5.41, 5.74) is 1.76. The average molecular weight is 461 g/mol. The fourth-order valence-corrected chi connectivity index (χ4v) is 5.85. The van der Waals surface area contributed by atoms with E-state index in [-0.39, 0.29) is 35.0 Å². The molecule has 1 atom stereocenters. The Morgan fingerprint density at radius 3 is 2.55 bits per heavy atom. The summed E-state index contributed by atoms with van der Waals surface area (Å²) < 4.78 is 38.4. The van der Waals surface area contributed by atoms with Gasteiger partial charge in [-0.25, -0.2) is 12.8 Å². The number of thioether (sulfide) groups is 1. The molecule has 0 spiro atoms. The number of sulfone groups is 1. The van der Waals surface area contributed by atoms with Crippen LogP contribution in [-0.4, -0.2) is 52.4 Å². The smallest absolute Gasteiger partial charge is 0.230 e. The van der Waals surface area contributed by atoms with Crippen molar-refractivity contribution in [1.29, 1.82) is 0 Å². The maximum absolute atomic E-state index is 13.4. The maximum Gasteiger partial charge on any atom is 0.230 e. The van der Waals surface area contributed by atoms with Crippen molar-refractivity contribution < 1.29 is 17.6 Å². The highest BCUT2D eigenvalue weighted by Crippen LogP contribution is 2.25. The molecule has 1 aliphatic heterocycles. The van der Waals surface area contributed by atoms with E-state index in [0.29, 0.717) is 23.9 Å². The van der Waals surface area contributed by atoms with Gasteiger partial charge in [-0.3, -0.25) is 9.36 Å². The molecule has 1 aliphatic rings. The number of nitrogens with one attached hydrogen (secondary N) is 1. The Hall–Kier alpha value is -2.72. The third kappa shape index (κ3) is 5.50. The molecule has 1 amide bonds. The molecule has 0 aliphatic carbocycles. The first-order valence-electron chi connectivity index (χ1n) is 9.75. The van der Waals surface area contributed by atoms with Crippen molar-refractivity contribution >= 4 is 27.5 Å². The Morgan fingerprint density at radius 1 is 1.13 bits per heavy atom. The third-order valence-electron chi connectivity index (χ3n) is 4.93.